The molecule has 1 saturated heterocycles. The molecule has 15 heteroatoms. The first-order chi connectivity index (χ1) is 23.7. The summed E-state index contributed by atoms with van der Waals surface area (Å²) in [5, 5.41) is -0.0583. The Hall–Kier alpha value is -4.50. The molecule has 11 nitrogen and oxygen atoms in total. The van der Waals surface area contributed by atoms with Crippen LogP contribution in [0.2, 0.25) is 0 Å². The summed E-state index contributed by atoms with van der Waals surface area (Å²) in [6, 6.07) is 14.2. The van der Waals surface area contributed by atoms with Gasteiger partial charge in [0.15, 0.2) is 11.6 Å². The van der Waals surface area contributed by atoms with E-state index in [1.165, 1.54) is 20.5 Å². The van der Waals surface area contributed by atoms with E-state index in [1.807, 2.05) is 31.2 Å². The number of carbonyl (C=O) groups excluding carboxylic acids is 1. The van der Waals surface area contributed by atoms with E-state index in [9.17, 15) is 13.2 Å². The van der Waals surface area contributed by atoms with Crippen LogP contribution in [0.15, 0.2) is 65.8 Å². The first kappa shape index (κ1) is 36.8. The fourth-order valence-corrected chi connectivity index (χ4v) is 7.94. The Morgan fingerprint density at radius 1 is 1.02 bits per heavy atom. The summed E-state index contributed by atoms with van der Waals surface area (Å²) in [7, 11) is -1.83. The van der Waals surface area contributed by atoms with Crippen LogP contribution in [0.4, 0.5) is 18.7 Å². The first-order valence-corrected chi connectivity index (χ1v) is 18.1. The first-order valence-electron chi connectivity index (χ1n) is 15.9. The third-order valence-corrected chi connectivity index (χ3v) is 10.8. The number of anilines is 1. The van der Waals surface area contributed by atoms with Crippen molar-refractivity contribution < 1.29 is 40.9 Å². The molecule has 3 aromatic carbocycles. The fourth-order valence-electron chi connectivity index (χ4n) is 5.75. The Morgan fingerprint density at radius 2 is 1.76 bits per heavy atom. The number of hydrogen-bond acceptors (Lipinski definition) is 10. The molecule has 1 amide bonds. The van der Waals surface area contributed by atoms with Crippen LogP contribution in [0.5, 0.6) is 17.2 Å². The van der Waals surface area contributed by atoms with Crippen LogP contribution < -0.4 is 18.5 Å². The highest BCUT2D eigenvalue weighted by Gasteiger charge is 2.36. The van der Waals surface area contributed by atoms with Gasteiger partial charge in [-0.3, -0.25) is 0 Å². The van der Waals surface area contributed by atoms with Gasteiger partial charge in [-0.15, -0.1) is 0 Å². The standard InChI is InChI=1S/C35H40F2N4O7S2/c1-22-7-9-23(10-8-22)27-13-14-40(34(42)48-35(2,3)4)18-25(27)20-47-31-16-29(37)32(17-28(31)36)50(43,44)41(33-38-21-39-49-33)19-24-11-12-26(45-5)15-30(24)46-6/h7-12,15-17,21,25,27H,13-14,18-20H2,1-6H3/t25-,27-/m1/s1. The maximum atomic E-state index is 15.8. The molecule has 0 spiro atoms. The molecule has 0 aliphatic carbocycles. The van der Waals surface area contributed by atoms with E-state index < -0.39 is 44.0 Å². The molecule has 4 aromatic rings. The van der Waals surface area contributed by atoms with Gasteiger partial charge < -0.3 is 23.8 Å². The molecule has 1 aliphatic heterocycles. The molecule has 268 valence electrons. The van der Waals surface area contributed by atoms with Gasteiger partial charge in [0.2, 0.25) is 5.13 Å². The smallest absolute Gasteiger partial charge is 0.410 e. The summed E-state index contributed by atoms with van der Waals surface area (Å²) in [6.07, 6.45) is 1.30. The number of nitrogens with zero attached hydrogens (tertiary/aromatic N) is 4. The van der Waals surface area contributed by atoms with Crippen LogP contribution in [-0.4, -0.2) is 68.3 Å². The van der Waals surface area contributed by atoms with Crippen LogP contribution in [0.3, 0.4) is 0 Å². The number of halogens is 2. The zero-order chi connectivity index (χ0) is 36.2. The topological polar surface area (TPSA) is 120 Å². The van der Waals surface area contributed by atoms with Crippen molar-refractivity contribution in [1.29, 1.82) is 0 Å². The summed E-state index contributed by atoms with van der Waals surface area (Å²) >= 11 is 0.776. The second kappa shape index (κ2) is 15.2. The number of rotatable bonds is 11. The maximum absolute atomic E-state index is 15.8. The van der Waals surface area contributed by atoms with Crippen molar-refractivity contribution in [3.05, 3.63) is 89.2 Å². The van der Waals surface area contributed by atoms with Gasteiger partial charge in [0.25, 0.3) is 10.0 Å². The minimum Gasteiger partial charge on any atom is -0.497 e. The molecule has 0 N–H and O–H groups in total. The molecule has 1 aromatic heterocycles. The van der Waals surface area contributed by atoms with Crippen LogP contribution >= 0.6 is 11.5 Å². The monoisotopic (exact) mass is 730 g/mol. The van der Waals surface area contributed by atoms with Crippen molar-refractivity contribution >= 4 is 32.8 Å². The van der Waals surface area contributed by atoms with Gasteiger partial charge in [0.05, 0.1) is 27.4 Å². The molecular formula is C35H40F2N4O7S2. The van der Waals surface area contributed by atoms with Crippen molar-refractivity contribution in [2.75, 3.05) is 38.2 Å². The number of likely N-dealkylation sites (tertiary alicyclic amines) is 1. The molecule has 0 saturated carbocycles. The molecule has 0 unspecified atom stereocenters. The van der Waals surface area contributed by atoms with Gasteiger partial charge in [0.1, 0.15) is 34.1 Å². The molecule has 2 heterocycles. The van der Waals surface area contributed by atoms with E-state index in [0.717, 1.165) is 33.0 Å². The lowest BCUT2D eigenvalue weighted by Gasteiger charge is -2.39. The average molecular weight is 731 g/mol. The SMILES string of the molecule is COc1ccc(CN(c2ncns2)S(=O)(=O)c2cc(F)c(OC[C@H]3CN(C(=O)OC(C)(C)C)CC[C@@H]3c3ccc(C)cc3)cc2F)c(OC)c1. The normalized spacial score (nSPS) is 16.5. The molecule has 0 radical (unpaired) electrons. The third-order valence-electron chi connectivity index (χ3n) is 8.27. The van der Waals surface area contributed by atoms with Crippen molar-refractivity contribution in [2.24, 2.45) is 5.92 Å². The molecule has 50 heavy (non-hydrogen) atoms. The number of benzene rings is 3. The Morgan fingerprint density at radius 3 is 2.40 bits per heavy atom. The Kier molecular flexibility index (Phi) is 11.2. The zero-order valence-corrected chi connectivity index (χ0v) is 30.3. The summed E-state index contributed by atoms with van der Waals surface area (Å²) in [6.45, 7) is 7.66. The summed E-state index contributed by atoms with van der Waals surface area (Å²) in [5.41, 5.74) is 1.86. The number of methoxy groups -OCH3 is 2. The Bertz CT molecular complexity index is 1900. The predicted molar refractivity (Wildman–Crippen MR) is 185 cm³/mol. The lowest BCUT2D eigenvalue weighted by Crippen LogP contribution is -2.46. The number of hydrogen-bond donors (Lipinski definition) is 0. The minimum atomic E-state index is -4.72. The number of aryl methyl sites for hydroxylation is 1. The van der Waals surface area contributed by atoms with Gasteiger partial charge in [0, 0.05) is 54.3 Å². The van der Waals surface area contributed by atoms with Crippen molar-refractivity contribution in [1.82, 2.24) is 14.3 Å². The number of sulfonamides is 1. The number of amides is 1. The highest BCUT2D eigenvalue weighted by Crippen LogP contribution is 2.37. The maximum Gasteiger partial charge on any atom is 0.410 e. The molecular weight excluding hydrogens is 691 g/mol. The fraction of sp³-hybridized carbons (Fsp3) is 0.400. The highest BCUT2D eigenvalue weighted by molar-refractivity contribution is 7.93. The van der Waals surface area contributed by atoms with Gasteiger partial charge in [-0.2, -0.15) is 4.37 Å². The van der Waals surface area contributed by atoms with Crippen LogP contribution in [0.25, 0.3) is 0 Å². The largest absolute Gasteiger partial charge is 0.497 e. The summed E-state index contributed by atoms with van der Waals surface area (Å²) < 4.78 is 86.3. The summed E-state index contributed by atoms with van der Waals surface area (Å²) in [5.74, 6) is -2.30. The van der Waals surface area contributed by atoms with Gasteiger partial charge in [-0.1, -0.05) is 29.8 Å². The van der Waals surface area contributed by atoms with E-state index in [0.29, 0.717) is 36.1 Å². The van der Waals surface area contributed by atoms with E-state index >= 15 is 8.78 Å². The lowest BCUT2D eigenvalue weighted by atomic mass is 9.80. The molecule has 0 bridgehead atoms. The van der Waals surface area contributed by atoms with E-state index in [-0.39, 0.29) is 36.7 Å². The zero-order valence-electron chi connectivity index (χ0n) is 28.7. The van der Waals surface area contributed by atoms with Crippen LogP contribution in [-0.2, 0) is 21.3 Å². The summed E-state index contributed by atoms with van der Waals surface area (Å²) in [4.78, 5) is 17.7. The van der Waals surface area contributed by atoms with Gasteiger partial charge in [-0.25, -0.2) is 31.3 Å². The molecule has 5 rings (SSSR count). The van der Waals surface area contributed by atoms with E-state index in [4.69, 9.17) is 18.9 Å². The molecule has 1 fully saturated rings. The highest BCUT2D eigenvalue weighted by atomic mass is 32.2. The average Bonchev–Trinajstić information content (AvgIpc) is 3.61. The van der Waals surface area contributed by atoms with E-state index in [2.05, 4.69) is 9.36 Å². The van der Waals surface area contributed by atoms with Crippen molar-refractivity contribution in [3.63, 3.8) is 0 Å². The van der Waals surface area contributed by atoms with Crippen molar-refractivity contribution in [2.45, 2.75) is 57.1 Å². The second-order valence-electron chi connectivity index (χ2n) is 12.9. The van der Waals surface area contributed by atoms with Crippen LogP contribution in [0.1, 0.15) is 49.8 Å². The number of piperidine rings is 1. The molecule has 2 atom stereocenters. The molecule has 1 aliphatic rings. The van der Waals surface area contributed by atoms with Crippen LogP contribution in [0, 0.1) is 24.5 Å². The number of carbonyl (C=O) groups is 1. The second-order valence-corrected chi connectivity index (χ2v) is 15.5. The number of aromatic nitrogens is 2. The Balaban J connectivity index is 1.41. The predicted octanol–water partition coefficient (Wildman–Crippen LogP) is 6.96. The Labute approximate surface area is 295 Å². The van der Waals surface area contributed by atoms with Gasteiger partial charge >= 0.3 is 6.09 Å². The quantitative estimate of drug-likeness (QED) is 0.161. The van der Waals surface area contributed by atoms with Crippen molar-refractivity contribution in [3.8, 4) is 17.2 Å². The third kappa shape index (κ3) is 8.44. The lowest BCUT2D eigenvalue weighted by molar-refractivity contribution is 0.0110. The van der Waals surface area contributed by atoms with E-state index in [1.54, 1.807) is 43.9 Å². The van der Waals surface area contributed by atoms with Gasteiger partial charge in [-0.05, 0) is 57.7 Å². The number of ether oxygens (including phenoxy) is 4. The minimum absolute atomic E-state index is 0.0442.